The summed E-state index contributed by atoms with van der Waals surface area (Å²) in [4.78, 5) is 22.0. The molecule has 0 saturated carbocycles. The predicted molar refractivity (Wildman–Crippen MR) is 96.1 cm³/mol. The summed E-state index contributed by atoms with van der Waals surface area (Å²) in [6.45, 7) is 4.44. The molecule has 2 saturated heterocycles. The minimum Gasteiger partial charge on any atom is -0.379 e. The van der Waals surface area contributed by atoms with Crippen LogP contribution in [0, 0.1) is 5.92 Å². The number of carbonyl (C=O) groups excluding carboxylic acids is 1. The zero-order valence-corrected chi connectivity index (χ0v) is 14.7. The van der Waals surface area contributed by atoms with E-state index in [2.05, 4.69) is 39.1 Å². The van der Waals surface area contributed by atoms with Gasteiger partial charge in [-0.2, -0.15) is 0 Å². The number of carbonyl (C=O) groups is 1. The maximum Gasteiger partial charge on any atom is 0.226 e. The first kappa shape index (κ1) is 16.7. The molecular weight excluding hydrogens is 314 g/mol. The second kappa shape index (κ2) is 7.67. The van der Waals surface area contributed by atoms with E-state index >= 15 is 0 Å². The summed E-state index contributed by atoms with van der Waals surface area (Å²) >= 11 is 0. The van der Waals surface area contributed by atoms with Gasteiger partial charge in [0.2, 0.25) is 5.91 Å². The van der Waals surface area contributed by atoms with Crippen LogP contribution < -0.4 is 0 Å². The quantitative estimate of drug-likeness (QED) is 0.785. The summed E-state index contributed by atoms with van der Waals surface area (Å²) < 4.78 is 5.53. The van der Waals surface area contributed by atoms with Crippen molar-refractivity contribution in [2.24, 2.45) is 5.92 Å². The van der Waals surface area contributed by atoms with Gasteiger partial charge in [-0.25, -0.2) is 0 Å². The van der Waals surface area contributed by atoms with Crippen LogP contribution in [0.1, 0.15) is 24.8 Å². The fourth-order valence-corrected chi connectivity index (χ4v) is 4.51. The third-order valence-corrected chi connectivity index (χ3v) is 5.86. The Kier molecular flexibility index (Phi) is 5.13. The van der Waals surface area contributed by atoms with E-state index in [9.17, 15) is 4.79 Å². The van der Waals surface area contributed by atoms with E-state index in [0.717, 1.165) is 58.5 Å². The Hall–Kier alpha value is -1.72. The Morgan fingerprint density at radius 2 is 1.84 bits per heavy atom. The van der Waals surface area contributed by atoms with Gasteiger partial charge in [0, 0.05) is 44.0 Å². The highest BCUT2D eigenvalue weighted by Gasteiger charge is 2.42. The van der Waals surface area contributed by atoms with Gasteiger partial charge in [-0.3, -0.25) is 14.7 Å². The van der Waals surface area contributed by atoms with E-state index < -0.39 is 0 Å². The minimum absolute atomic E-state index is 0.156. The van der Waals surface area contributed by atoms with Crippen LogP contribution in [0.5, 0.6) is 0 Å². The minimum atomic E-state index is 0.156. The molecule has 2 aliphatic heterocycles. The van der Waals surface area contributed by atoms with Crippen molar-refractivity contribution in [3.05, 3.63) is 42.2 Å². The number of pyridine rings is 1. The van der Waals surface area contributed by atoms with Gasteiger partial charge in [0.15, 0.2) is 0 Å². The fourth-order valence-electron chi connectivity index (χ4n) is 4.51. The highest BCUT2D eigenvalue weighted by atomic mass is 16.5. The molecule has 134 valence electrons. The normalized spacial score (nSPS) is 27.9. The van der Waals surface area contributed by atoms with Crippen molar-refractivity contribution in [2.45, 2.75) is 37.8 Å². The molecule has 3 aliphatic rings. The monoisotopic (exact) mass is 341 g/mol. The molecule has 1 aromatic heterocycles. The molecule has 1 amide bonds. The summed E-state index contributed by atoms with van der Waals surface area (Å²) in [5, 5.41) is 0. The number of nitrogens with zero attached hydrogens (tertiary/aromatic N) is 3. The zero-order chi connectivity index (χ0) is 17.1. The van der Waals surface area contributed by atoms with E-state index in [0.29, 0.717) is 11.9 Å². The summed E-state index contributed by atoms with van der Waals surface area (Å²) in [5.41, 5.74) is 1.27. The van der Waals surface area contributed by atoms with Crippen LogP contribution in [0.25, 0.3) is 0 Å². The van der Waals surface area contributed by atoms with E-state index in [1.165, 1.54) is 5.56 Å². The highest BCUT2D eigenvalue weighted by molar-refractivity contribution is 5.80. The van der Waals surface area contributed by atoms with Crippen molar-refractivity contribution in [3.8, 4) is 0 Å². The van der Waals surface area contributed by atoms with Crippen molar-refractivity contribution in [1.82, 2.24) is 14.8 Å². The Bertz CT molecular complexity index is 605. The molecule has 3 heterocycles. The molecule has 2 atom stereocenters. The van der Waals surface area contributed by atoms with Gasteiger partial charge < -0.3 is 9.64 Å². The maximum absolute atomic E-state index is 13.1. The van der Waals surface area contributed by atoms with Gasteiger partial charge in [-0.05, 0) is 43.4 Å². The van der Waals surface area contributed by atoms with Gasteiger partial charge >= 0.3 is 0 Å². The SMILES string of the molecule is O=C(C1CC=CC1)N1CC[C@@H](N2CCOCC2)[C@@H]1Cc1ccncc1. The van der Waals surface area contributed by atoms with E-state index in [1.807, 2.05) is 12.4 Å². The smallest absolute Gasteiger partial charge is 0.226 e. The lowest BCUT2D eigenvalue weighted by molar-refractivity contribution is -0.136. The first-order valence-electron chi connectivity index (χ1n) is 9.49. The average molecular weight is 341 g/mol. The Morgan fingerprint density at radius 3 is 2.56 bits per heavy atom. The van der Waals surface area contributed by atoms with Gasteiger partial charge in [0.1, 0.15) is 0 Å². The summed E-state index contributed by atoms with van der Waals surface area (Å²) in [6.07, 6.45) is 11.8. The lowest BCUT2D eigenvalue weighted by Gasteiger charge is -2.38. The third kappa shape index (κ3) is 3.62. The van der Waals surface area contributed by atoms with Crippen LogP contribution in [-0.4, -0.2) is 65.6 Å². The Labute approximate surface area is 149 Å². The number of likely N-dealkylation sites (tertiary alicyclic amines) is 1. The molecule has 0 spiro atoms. The van der Waals surface area contributed by atoms with Gasteiger partial charge in [0.05, 0.1) is 19.3 Å². The predicted octanol–water partition coefficient (Wildman–Crippen LogP) is 1.89. The highest BCUT2D eigenvalue weighted by Crippen LogP contribution is 2.30. The second-order valence-electron chi connectivity index (χ2n) is 7.30. The van der Waals surface area contributed by atoms with Crippen molar-refractivity contribution < 1.29 is 9.53 Å². The van der Waals surface area contributed by atoms with Crippen molar-refractivity contribution in [3.63, 3.8) is 0 Å². The fraction of sp³-hybridized carbons (Fsp3) is 0.600. The standard InChI is InChI=1S/C20H27N3O2/c24-20(17-3-1-2-4-17)23-10-7-18(22-11-13-25-14-12-22)19(23)15-16-5-8-21-9-6-16/h1-2,5-6,8-9,17-19H,3-4,7,10-15H2/t18-,19+/m1/s1. The van der Waals surface area contributed by atoms with Crippen LogP contribution in [0.15, 0.2) is 36.7 Å². The number of rotatable bonds is 4. The van der Waals surface area contributed by atoms with Crippen LogP contribution in [0.2, 0.25) is 0 Å². The molecule has 5 nitrogen and oxygen atoms in total. The molecule has 25 heavy (non-hydrogen) atoms. The number of allylic oxidation sites excluding steroid dienone is 2. The van der Waals surface area contributed by atoms with Crippen LogP contribution in [0.4, 0.5) is 0 Å². The number of morpholine rings is 1. The van der Waals surface area contributed by atoms with Gasteiger partial charge in [-0.1, -0.05) is 12.2 Å². The number of aromatic nitrogens is 1. The summed E-state index contributed by atoms with van der Waals surface area (Å²) in [7, 11) is 0. The lowest BCUT2D eigenvalue weighted by Crippen LogP contribution is -2.52. The molecule has 0 N–H and O–H groups in total. The molecule has 0 bridgehead atoms. The van der Waals surface area contributed by atoms with Crippen molar-refractivity contribution in [2.75, 3.05) is 32.8 Å². The molecule has 0 aromatic carbocycles. The summed E-state index contributed by atoms with van der Waals surface area (Å²) in [6, 6.07) is 4.85. The van der Waals surface area contributed by atoms with Gasteiger partial charge in [0.25, 0.3) is 0 Å². The number of hydrogen-bond donors (Lipinski definition) is 0. The van der Waals surface area contributed by atoms with Crippen LogP contribution >= 0.6 is 0 Å². The van der Waals surface area contributed by atoms with E-state index in [4.69, 9.17) is 4.74 Å². The molecule has 0 radical (unpaired) electrons. The molecule has 2 fully saturated rings. The van der Waals surface area contributed by atoms with Crippen molar-refractivity contribution >= 4 is 5.91 Å². The molecule has 4 rings (SSSR count). The summed E-state index contributed by atoms with van der Waals surface area (Å²) in [5.74, 6) is 0.503. The molecule has 1 aliphatic carbocycles. The van der Waals surface area contributed by atoms with Gasteiger partial charge in [-0.15, -0.1) is 0 Å². The molecular formula is C20H27N3O2. The third-order valence-electron chi connectivity index (χ3n) is 5.86. The number of hydrogen-bond acceptors (Lipinski definition) is 4. The molecule has 1 aromatic rings. The Morgan fingerprint density at radius 1 is 1.12 bits per heavy atom. The first-order valence-corrected chi connectivity index (χ1v) is 9.49. The van der Waals surface area contributed by atoms with Crippen LogP contribution in [0.3, 0.4) is 0 Å². The first-order chi connectivity index (χ1) is 12.3. The largest absolute Gasteiger partial charge is 0.379 e. The second-order valence-corrected chi connectivity index (χ2v) is 7.30. The van der Waals surface area contributed by atoms with Crippen LogP contribution in [-0.2, 0) is 16.0 Å². The van der Waals surface area contributed by atoms with E-state index in [-0.39, 0.29) is 12.0 Å². The average Bonchev–Trinajstić information content (AvgIpc) is 3.33. The van der Waals surface area contributed by atoms with E-state index in [1.54, 1.807) is 0 Å². The molecule has 5 heteroatoms. The Balaban J connectivity index is 1.53. The van der Waals surface area contributed by atoms with Crippen molar-refractivity contribution in [1.29, 1.82) is 0 Å². The topological polar surface area (TPSA) is 45.7 Å². The maximum atomic E-state index is 13.1. The zero-order valence-electron chi connectivity index (χ0n) is 14.7. The number of amides is 1. The molecule has 0 unspecified atom stereocenters. The lowest BCUT2D eigenvalue weighted by atomic mass is 9.97. The number of ether oxygens (including phenoxy) is 1.